The normalized spacial score (nSPS) is 10.8. The van der Waals surface area contributed by atoms with Gasteiger partial charge in [-0.3, -0.25) is 0 Å². The van der Waals surface area contributed by atoms with Crippen LogP contribution in [0.2, 0.25) is 0 Å². The van der Waals surface area contributed by atoms with Crippen LogP contribution < -0.4 is 0 Å². The van der Waals surface area contributed by atoms with Crippen LogP contribution in [-0.2, 0) is 0 Å². The average Bonchev–Trinajstić information content (AvgIpc) is 2.95. The van der Waals surface area contributed by atoms with Crippen LogP contribution in [0.4, 0.5) is 0 Å². The summed E-state index contributed by atoms with van der Waals surface area (Å²) in [7, 11) is 0. The second-order valence-corrected chi connectivity index (χ2v) is 7.18. The molecule has 0 saturated heterocycles. The van der Waals surface area contributed by atoms with Gasteiger partial charge >= 0.3 is 0 Å². The summed E-state index contributed by atoms with van der Waals surface area (Å²) in [6.07, 6.45) is 0. The molecule has 3 rings (SSSR count). The van der Waals surface area contributed by atoms with Crippen LogP contribution in [0.15, 0.2) is 40.4 Å². The van der Waals surface area contributed by atoms with Gasteiger partial charge < -0.3 is 0 Å². The quantitative estimate of drug-likeness (QED) is 0.497. The van der Waals surface area contributed by atoms with Crippen molar-refractivity contribution < 1.29 is 0 Å². The van der Waals surface area contributed by atoms with E-state index in [1.165, 1.54) is 23.8 Å². The summed E-state index contributed by atoms with van der Waals surface area (Å²) in [4.78, 5) is 4.17. The van der Waals surface area contributed by atoms with E-state index in [1.807, 2.05) is 22.7 Å². The first-order valence-corrected chi connectivity index (χ1v) is 8.43. The molecular formula is C12H7IS3. The summed E-state index contributed by atoms with van der Waals surface area (Å²) in [6.45, 7) is 0. The SMILES string of the molecule is Ic1ccsc1-c1sccc1-c1cccs1. The molecule has 4 heteroatoms. The van der Waals surface area contributed by atoms with Crippen molar-refractivity contribution in [3.05, 3.63) is 44.0 Å². The summed E-state index contributed by atoms with van der Waals surface area (Å²) in [6, 6.07) is 8.71. The standard InChI is InChI=1S/C12H7IS3/c13-9-4-7-16-12(9)11-8(3-6-15-11)10-2-1-5-14-10/h1-7H. The molecule has 16 heavy (non-hydrogen) atoms. The van der Waals surface area contributed by atoms with Gasteiger partial charge in [0.15, 0.2) is 0 Å². The molecule has 0 saturated carbocycles. The maximum Gasteiger partial charge on any atom is 0.0582 e. The third-order valence-corrected chi connectivity index (χ3v) is 6.44. The zero-order valence-electron chi connectivity index (χ0n) is 8.14. The summed E-state index contributed by atoms with van der Waals surface area (Å²) in [5.74, 6) is 0. The summed E-state index contributed by atoms with van der Waals surface area (Å²) < 4.78 is 1.35. The fraction of sp³-hybridized carbons (Fsp3) is 0. The number of thiophene rings is 3. The first kappa shape index (κ1) is 11.0. The van der Waals surface area contributed by atoms with Crippen molar-refractivity contribution in [3.8, 4) is 20.2 Å². The van der Waals surface area contributed by atoms with Crippen molar-refractivity contribution in [1.29, 1.82) is 0 Å². The van der Waals surface area contributed by atoms with Gasteiger partial charge in [-0.2, -0.15) is 0 Å². The minimum atomic E-state index is 1.35. The number of rotatable bonds is 2. The van der Waals surface area contributed by atoms with E-state index < -0.39 is 0 Å². The maximum atomic E-state index is 2.41. The van der Waals surface area contributed by atoms with Gasteiger partial charge in [-0.1, -0.05) is 6.07 Å². The molecule has 0 amide bonds. The number of hydrogen-bond acceptors (Lipinski definition) is 3. The largest absolute Gasteiger partial charge is 0.144 e. The Hall–Kier alpha value is -0.170. The lowest BCUT2D eigenvalue weighted by molar-refractivity contribution is 1.82. The van der Waals surface area contributed by atoms with Gasteiger partial charge in [-0.25, -0.2) is 0 Å². The van der Waals surface area contributed by atoms with Crippen molar-refractivity contribution in [2.24, 2.45) is 0 Å². The highest BCUT2D eigenvalue weighted by Crippen LogP contribution is 2.42. The third-order valence-electron chi connectivity index (χ3n) is 2.28. The Bertz CT molecular complexity index is 589. The van der Waals surface area contributed by atoms with Gasteiger partial charge in [0.25, 0.3) is 0 Å². The molecule has 80 valence electrons. The molecule has 3 heterocycles. The van der Waals surface area contributed by atoms with Gasteiger partial charge in [0.2, 0.25) is 0 Å². The lowest BCUT2D eigenvalue weighted by Crippen LogP contribution is -1.73. The Morgan fingerprint density at radius 1 is 0.812 bits per heavy atom. The van der Waals surface area contributed by atoms with Crippen molar-refractivity contribution in [3.63, 3.8) is 0 Å². The molecule has 0 aliphatic heterocycles. The first-order chi connectivity index (χ1) is 7.86. The molecule has 0 spiro atoms. The Labute approximate surface area is 120 Å². The zero-order chi connectivity index (χ0) is 11.0. The van der Waals surface area contributed by atoms with E-state index in [0.717, 1.165) is 0 Å². The van der Waals surface area contributed by atoms with E-state index in [9.17, 15) is 0 Å². The highest BCUT2D eigenvalue weighted by molar-refractivity contribution is 14.1. The molecule has 0 fully saturated rings. The van der Waals surface area contributed by atoms with Gasteiger partial charge in [-0.05, 0) is 56.9 Å². The van der Waals surface area contributed by atoms with E-state index in [-0.39, 0.29) is 0 Å². The van der Waals surface area contributed by atoms with Gasteiger partial charge in [-0.15, -0.1) is 34.0 Å². The predicted octanol–water partition coefficient (Wildman–Crippen LogP) is 5.81. The lowest BCUT2D eigenvalue weighted by atomic mass is 10.2. The van der Waals surface area contributed by atoms with Crippen LogP contribution in [0.25, 0.3) is 20.2 Å². The fourth-order valence-corrected chi connectivity index (χ4v) is 5.54. The van der Waals surface area contributed by atoms with Gasteiger partial charge in [0, 0.05) is 14.0 Å². The van der Waals surface area contributed by atoms with Crippen molar-refractivity contribution in [2.75, 3.05) is 0 Å². The number of hydrogen-bond donors (Lipinski definition) is 0. The van der Waals surface area contributed by atoms with Crippen molar-refractivity contribution >= 4 is 56.6 Å². The minimum Gasteiger partial charge on any atom is -0.144 e. The molecule has 0 aromatic carbocycles. The Kier molecular flexibility index (Phi) is 3.15. The van der Waals surface area contributed by atoms with Crippen LogP contribution in [0.1, 0.15) is 0 Å². The molecule has 0 nitrogen and oxygen atoms in total. The highest BCUT2D eigenvalue weighted by atomic mass is 127. The van der Waals surface area contributed by atoms with E-state index in [1.54, 1.807) is 11.3 Å². The van der Waals surface area contributed by atoms with Crippen LogP contribution in [-0.4, -0.2) is 0 Å². The van der Waals surface area contributed by atoms with Gasteiger partial charge in [0.1, 0.15) is 0 Å². The fourth-order valence-electron chi connectivity index (χ4n) is 1.57. The van der Waals surface area contributed by atoms with Crippen molar-refractivity contribution in [2.45, 2.75) is 0 Å². The molecule has 0 N–H and O–H groups in total. The Balaban J connectivity index is 2.17. The minimum absolute atomic E-state index is 1.35. The second kappa shape index (κ2) is 4.60. The second-order valence-electron chi connectivity index (χ2n) is 3.24. The molecule has 0 aliphatic carbocycles. The monoisotopic (exact) mass is 374 g/mol. The number of halogens is 1. The molecule has 0 atom stereocenters. The first-order valence-electron chi connectivity index (χ1n) is 4.71. The van der Waals surface area contributed by atoms with Crippen LogP contribution in [0, 0.1) is 3.57 Å². The highest BCUT2D eigenvalue weighted by Gasteiger charge is 2.13. The predicted molar refractivity (Wildman–Crippen MR) is 83.7 cm³/mol. The Morgan fingerprint density at radius 2 is 1.62 bits per heavy atom. The molecule has 3 aromatic heterocycles. The van der Waals surface area contributed by atoms with Crippen LogP contribution in [0.5, 0.6) is 0 Å². The topological polar surface area (TPSA) is 0 Å². The average molecular weight is 374 g/mol. The van der Waals surface area contributed by atoms with Gasteiger partial charge in [0.05, 0.1) is 9.75 Å². The van der Waals surface area contributed by atoms with Crippen LogP contribution >= 0.6 is 56.6 Å². The Morgan fingerprint density at radius 3 is 2.31 bits per heavy atom. The van der Waals surface area contributed by atoms with E-state index in [2.05, 4.69) is 63.0 Å². The van der Waals surface area contributed by atoms with E-state index in [0.29, 0.717) is 0 Å². The molecule has 0 unspecified atom stereocenters. The summed E-state index contributed by atoms with van der Waals surface area (Å²) in [5.41, 5.74) is 1.38. The molecule has 3 aromatic rings. The van der Waals surface area contributed by atoms with Crippen LogP contribution in [0.3, 0.4) is 0 Å². The summed E-state index contributed by atoms with van der Waals surface area (Å²) >= 11 is 7.88. The molecular weight excluding hydrogens is 367 g/mol. The lowest BCUT2D eigenvalue weighted by Gasteiger charge is -1.99. The molecule has 0 aliphatic rings. The summed E-state index contributed by atoms with van der Waals surface area (Å²) in [5, 5.41) is 6.48. The third kappa shape index (κ3) is 1.88. The molecule has 0 radical (unpaired) electrons. The zero-order valence-corrected chi connectivity index (χ0v) is 12.8. The maximum absolute atomic E-state index is 2.41. The van der Waals surface area contributed by atoms with E-state index in [4.69, 9.17) is 0 Å². The molecule has 0 bridgehead atoms. The van der Waals surface area contributed by atoms with E-state index >= 15 is 0 Å². The smallest absolute Gasteiger partial charge is 0.0582 e. The van der Waals surface area contributed by atoms with Crippen molar-refractivity contribution in [1.82, 2.24) is 0 Å².